The van der Waals surface area contributed by atoms with E-state index in [1.807, 2.05) is 0 Å². The van der Waals surface area contributed by atoms with Gasteiger partial charge in [0.1, 0.15) is 5.60 Å². The summed E-state index contributed by atoms with van der Waals surface area (Å²) in [6, 6.07) is 6.96. The fourth-order valence-corrected chi connectivity index (χ4v) is 5.46. The highest BCUT2D eigenvalue weighted by Gasteiger charge is 2.71. The Kier molecular flexibility index (Phi) is 5.42. The number of ether oxygens (including phenoxy) is 1. The molecular formula is C17H25ClN2O4S. The van der Waals surface area contributed by atoms with Crippen LogP contribution in [0.15, 0.2) is 24.3 Å². The summed E-state index contributed by atoms with van der Waals surface area (Å²) in [6.45, 7) is 6.78. The summed E-state index contributed by atoms with van der Waals surface area (Å²) in [4.78, 5) is 12.3. The minimum Gasteiger partial charge on any atom is -0.444 e. The first kappa shape index (κ1) is 20.0. The van der Waals surface area contributed by atoms with Crippen LogP contribution in [0.5, 0.6) is 0 Å². The van der Waals surface area contributed by atoms with Gasteiger partial charge in [0.05, 0.1) is 10.8 Å². The third-order valence-electron chi connectivity index (χ3n) is 4.32. The van der Waals surface area contributed by atoms with Crippen LogP contribution in [0.3, 0.4) is 0 Å². The molecule has 0 bridgehead atoms. The summed E-state index contributed by atoms with van der Waals surface area (Å²) in [7, 11) is -3.44. The molecule has 0 saturated heterocycles. The number of hydrogen-bond donors (Lipinski definition) is 2. The van der Waals surface area contributed by atoms with Gasteiger partial charge in [-0.05, 0) is 38.5 Å². The summed E-state index contributed by atoms with van der Waals surface area (Å²) in [5.74, 6) is -0.499. The van der Waals surface area contributed by atoms with E-state index >= 15 is 0 Å². The lowest BCUT2D eigenvalue weighted by Crippen LogP contribution is -2.49. The first-order valence-electron chi connectivity index (χ1n) is 8.15. The normalized spacial score (nSPS) is 26.2. The van der Waals surface area contributed by atoms with Crippen molar-refractivity contribution in [3.05, 3.63) is 34.9 Å². The predicted molar refractivity (Wildman–Crippen MR) is 98.6 cm³/mol. The Labute approximate surface area is 154 Å². The van der Waals surface area contributed by atoms with Gasteiger partial charge in [0.2, 0.25) is 0 Å². The highest BCUT2D eigenvalue weighted by Crippen LogP contribution is 2.55. The van der Waals surface area contributed by atoms with E-state index in [0.29, 0.717) is 5.02 Å². The second-order valence-corrected chi connectivity index (χ2v) is 10.1. The van der Waals surface area contributed by atoms with Crippen molar-refractivity contribution in [2.45, 2.75) is 50.0 Å². The zero-order chi connectivity index (χ0) is 19.0. The Balaban J connectivity index is 2.40. The molecule has 3 N–H and O–H groups in total. The van der Waals surface area contributed by atoms with Crippen molar-refractivity contribution in [1.29, 1.82) is 0 Å². The molecule has 1 amide bonds. The predicted octanol–water partition coefficient (Wildman–Crippen LogP) is 2.46. The molecule has 3 atom stereocenters. The van der Waals surface area contributed by atoms with Crippen molar-refractivity contribution in [3.63, 3.8) is 0 Å². The number of benzene rings is 1. The molecule has 0 unspecified atom stereocenters. The molecule has 0 aromatic heterocycles. The molecule has 1 aliphatic rings. The van der Waals surface area contributed by atoms with E-state index in [2.05, 4.69) is 5.32 Å². The second-order valence-electron chi connectivity index (χ2n) is 7.28. The Hall–Kier alpha value is -1.31. The molecular weight excluding hydrogens is 364 g/mol. The molecule has 6 nitrogen and oxygen atoms in total. The Morgan fingerprint density at radius 3 is 2.52 bits per heavy atom. The SMILES string of the molecule is CCS(=O)(=O)[C@@H]1[C@@H](c2cccc(Cl)c2)[C@@]1(CN)NC(=O)OC(C)(C)C. The van der Waals surface area contributed by atoms with Gasteiger partial charge in [0, 0.05) is 23.2 Å². The maximum absolute atomic E-state index is 12.6. The second kappa shape index (κ2) is 6.78. The van der Waals surface area contributed by atoms with Gasteiger partial charge in [0.25, 0.3) is 0 Å². The largest absolute Gasteiger partial charge is 0.444 e. The maximum Gasteiger partial charge on any atom is 0.408 e. The number of carbonyl (C=O) groups is 1. The number of nitrogens with one attached hydrogen (secondary N) is 1. The van der Waals surface area contributed by atoms with Gasteiger partial charge >= 0.3 is 6.09 Å². The lowest BCUT2D eigenvalue weighted by molar-refractivity contribution is 0.0497. The van der Waals surface area contributed by atoms with Crippen LogP contribution in [0, 0.1) is 0 Å². The van der Waals surface area contributed by atoms with Gasteiger partial charge < -0.3 is 15.8 Å². The van der Waals surface area contributed by atoms with Gasteiger partial charge in [-0.25, -0.2) is 13.2 Å². The monoisotopic (exact) mass is 388 g/mol. The molecule has 1 aromatic carbocycles. The van der Waals surface area contributed by atoms with E-state index in [4.69, 9.17) is 22.1 Å². The number of hydrogen-bond acceptors (Lipinski definition) is 5. The van der Waals surface area contributed by atoms with E-state index in [1.165, 1.54) is 0 Å². The number of amides is 1. The molecule has 1 fully saturated rings. The van der Waals surface area contributed by atoms with Crippen molar-refractivity contribution in [2.75, 3.05) is 12.3 Å². The van der Waals surface area contributed by atoms with Gasteiger partial charge in [-0.15, -0.1) is 0 Å². The third-order valence-corrected chi connectivity index (χ3v) is 6.83. The molecule has 25 heavy (non-hydrogen) atoms. The zero-order valence-electron chi connectivity index (χ0n) is 14.9. The molecule has 0 spiro atoms. The average molecular weight is 389 g/mol. The molecule has 140 valence electrons. The summed E-state index contributed by atoms with van der Waals surface area (Å²) >= 11 is 6.05. The number of carbonyl (C=O) groups excluding carboxylic acids is 1. The zero-order valence-corrected chi connectivity index (χ0v) is 16.4. The summed E-state index contributed by atoms with van der Waals surface area (Å²) < 4.78 is 30.5. The molecule has 1 aromatic rings. The highest BCUT2D eigenvalue weighted by molar-refractivity contribution is 7.92. The smallest absolute Gasteiger partial charge is 0.408 e. The first-order valence-corrected chi connectivity index (χ1v) is 10.2. The molecule has 1 saturated carbocycles. The molecule has 1 aliphatic carbocycles. The Bertz CT molecular complexity index is 760. The number of sulfone groups is 1. The summed E-state index contributed by atoms with van der Waals surface area (Å²) in [6.07, 6.45) is -0.682. The van der Waals surface area contributed by atoms with Gasteiger partial charge in [-0.2, -0.15) is 0 Å². The van der Waals surface area contributed by atoms with Crippen LogP contribution in [0.4, 0.5) is 4.79 Å². The van der Waals surface area contributed by atoms with Crippen LogP contribution in [-0.4, -0.2) is 43.2 Å². The van der Waals surface area contributed by atoms with Crippen LogP contribution in [0.2, 0.25) is 5.02 Å². The van der Waals surface area contributed by atoms with Gasteiger partial charge in [-0.3, -0.25) is 0 Å². The van der Waals surface area contributed by atoms with Crippen molar-refractivity contribution in [1.82, 2.24) is 5.32 Å². The molecule has 0 radical (unpaired) electrons. The quantitative estimate of drug-likeness (QED) is 0.807. The van der Waals surface area contributed by atoms with Gasteiger partial charge in [0.15, 0.2) is 9.84 Å². The fraction of sp³-hybridized carbons (Fsp3) is 0.588. The molecule has 2 rings (SSSR count). The lowest BCUT2D eigenvalue weighted by Gasteiger charge is -2.24. The molecule has 8 heteroatoms. The minimum absolute atomic E-state index is 0.0205. The maximum atomic E-state index is 12.6. The van der Waals surface area contributed by atoms with Crippen molar-refractivity contribution >= 4 is 27.5 Å². The molecule has 0 heterocycles. The lowest BCUT2D eigenvalue weighted by atomic mass is 10.1. The van der Waals surface area contributed by atoms with Crippen molar-refractivity contribution < 1.29 is 17.9 Å². The number of halogens is 1. The van der Waals surface area contributed by atoms with Crippen LogP contribution in [0.25, 0.3) is 0 Å². The van der Waals surface area contributed by atoms with Crippen LogP contribution >= 0.6 is 11.6 Å². The van der Waals surface area contributed by atoms with Crippen molar-refractivity contribution in [2.24, 2.45) is 5.73 Å². The number of nitrogens with two attached hydrogens (primary N) is 1. The topological polar surface area (TPSA) is 98.5 Å². The standard InChI is InChI=1S/C17H25ClN2O4S/c1-5-25(22,23)14-13(11-7-6-8-12(18)9-11)17(14,10-19)20-15(21)24-16(2,3)4/h6-9,13-14H,5,10,19H2,1-4H3,(H,20,21)/t13-,14-,17-/m1/s1. The van der Waals surface area contributed by atoms with E-state index < -0.39 is 38.2 Å². The average Bonchev–Trinajstić information content (AvgIpc) is 3.15. The third kappa shape index (κ3) is 4.10. The Morgan fingerprint density at radius 1 is 1.40 bits per heavy atom. The summed E-state index contributed by atoms with van der Waals surface area (Å²) in [5, 5.41) is 2.42. The van der Waals surface area contributed by atoms with Crippen LogP contribution in [0.1, 0.15) is 39.2 Å². The van der Waals surface area contributed by atoms with E-state index in [-0.39, 0.29) is 12.3 Å². The van der Waals surface area contributed by atoms with Gasteiger partial charge in [-0.1, -0.05) is 30.7 Å². The number of rotatable bonds is 5. The Morgan fingerprint density at radius 2 is 2.04 bits per heavy atom. The van der Waals surface area contributed by atoms with Crippen molar-refractivity contribution in [3.8, 4) is 0 Å². The fourth-order valence-electron chi connectivity index (χ4n) is 3.22. The van der Waals surface area contributed by atoms with E-state index in [9.17, 15) is 13.2 Å². The first-order chi connectivity index (χ1) is 11.5. The highest BCUT2D eigenvalue weighted by atomic mass is 35.5. The number of alkyl carbamates (subject to hydrolysis) is 1. The van der Waals surface area contributed by atoms with E-state index in [1.54, 1.807) is 52.0 Å². The summed E-state index contributed by atoms with van der Waals surface area (Å²) in [5.41, 5.74) is 4.86. The van der Waals surface area contributed by atoms with E-state index in [0.717, 1.165) is 5.56 Å². The minimum atomic E-state index is -3.44. The van der Waals surface area contributed by atoms with Crippen LogP contribution < -0.4 is 11.1 Å². The van der Waals surface area contributed by atoms with Crippen LogP contribution in [-0.2, 0) is 14.6 Å². The molecule has 0 aliphatic heterocycles.